The highest BCUT2D eigenvalue weighted by Gasteiger charge is 2.32. The summed E-state index contributed by atoms with van der Waals surface area (Å²) in [6.45, 7) is 8.95. The van der Waals surface area contributed by atoms with Gasteiger partial charge in [-0.15, -0.1) is 0 Å². The molecule has 9 heteroatoms. The van der Waals surface area contributed by atoms with Crippen LogP contribution in [0.1, 0.15) is 51.3 Å². The standard InChI is InChI=1S/C24H29F3N2O4/c1-6-29(22(31)33-23(3,4)5)15-17-14-18(24(25,26)27)8-9-19(17)20-12-16(10-11-28-20)13-21(30)32-7-2/h8-12,14H,6-7,13,15H2,1-5H3. The number of hydrogen-bond donors (Lipinski definition) is 0. The summed E-state index contributed by atoms with van der Waals surface area (Å²) in [6.07, 6.45) is -3.68. The van der Waals surface area contributed by atoms with Gasteiger partial charge >= 0.3 is 18.2 Å². The average Bonchev–Trinajstić information content (AvgIpc) is 2.70. The number of hydrogen-bond acceptors (Lipinski definition) is 5. The average molecular weight is 467 g/mol. The number of alkyl halides is 3. The van der Waals surface area contributed by atoms with Crippen LogP contribution >= 0.6 is 0 Å². The Morgan fingerprint density at radius 2 is 1.76 bits per heavy atom. The molecule has 2 rings (SSSR count). The highest BCUT2D eigenvalue weighted by molar-refractivity contribution is 5.74. The van der Waals surface area contributed by atoms with E-state index in [-0.39, 0.29) is 31.7 Å². The Balaban J connectivity index is 2.47. The Kier molecular flexibility index (Phi) is 8.46. The van der Waals surface area contributed by atoms with Crippen LogP contribution in [0.3, 0.4) is 0 Å². The predicted molar refractivity (Wildman–Crippen MR) is 117 cm³/mol. The quantitative estimate of drug-likeness (QED) is 0.495. The number of esters is 1. The van der Waals surface area contributed by atoms with Gasteiger partial charge in [0.1, 0.15) is 5.60 Å². The Bertz CT molecular complexity index is 984. The van der Waals surface area contributed by atoms with Gasteiger partial charge in [-0.05, 0) is 70.0 Å². The molecule has 0 atom stereocenters. The minimum Gasteiger partial charge on any atom is -0.466 e. The highest BCUT2D eigenvalue weighted by atomic mass is 19.4. The zero-order valence-corrected chi connectivity index (χ0v) is 19.5. The van der Waals surface area contributed by atoms with E-state index in [1.165, 1.54) is 17.2 Å². The van der Waals surface area contributed by atoms with Crippen molar-refractivity contribution in [2.45, 2.75) is 59.4 Å². The first kappa shape index (κ1) is 26.2. The van der Waals surface area contributed by atoms with E-state index < -0.39 is 29.4 Å². The van der Waals surface area contributed by atoms with E-state index in [1.54, 1.807) is 46.8 Å². The molecule has 6 nitrogen and oxygen atoms in total. The van der Waals surface area contributed by atoms with Gasteiger partial charge < -0.3 is 14.4 Å². The van der Waals surface area contributed by atoms with Crippen LogP contribution in [0.5, 0.6) is 0 Å². The SMILES string of the molecule is CCOC(=O)Cc1ccnc(-c2ccc(C(F)(F)F)cc2CN(CC)C(=O)OC(C)(C)C)c1. The minimum atomic E-state index is -4.55. The molecule has 1 aromatic heterocycles. The van der Waals surface area contributed by atoms with Crippen molar-refractivity contribution in [1.29, 1.82) is 0 Å². The molecule has 0 aliphatic carbocycles. The van der Waals surface area contributed by atoms with Gasteiger partial charge in [0, 0.05) is 24.8 Å². The normalized spacial score (nSPS) is 11.8. The van der Waals surface area contributed by atoms with Crippen molar-refractivity contribution in [3.63, 3.8) is 0 Å². The lowest BCUT2D eigenvalue weighted by Gasteiger charge is -2.27. The van der Waals surface area contributed by atoms with Gasteiger partial charge in [-0.2, -0.15) is 13.2 Å². The van der Waals surface area contributed by atoms with E-state index in [0.29, 0.717) is 16.8 Å². The van der Waals surface area contributed by atoms with Gasteiger partial charge in [0.2, 0.25) is 0 Å². The van der Waals surface area contributed by atoms with Gasteiger partial charge in [-0.25, -0.2) is 4.79 Å². The zero-order chi connectivity index (χ0) is 24.8. The first-order valence-electron chi connectivity index (χ1n) is 10.6. The molecule has 33 heavy (non-hydrogen) atoms. The van der Waals surface area contributed by atoms with E-state index in [2.05, 4.69) is 4.98 Å². The van der Waals surface area contributed by atoms with Crippen LogP contribution in [-0.2, 0) is 33.4 Å². The minimum absolute atomic E-state index is 0.0122. The molecule has 0 aliphatic rings. The summed E-state index contributed by atoms with van der Waals surface area (Å²) in [5.41, 5.74) is 0.118. The first-order valence-corrected chi connectivity index (χ1v) is 10.6. The third-order valence-electron chi connectivity index (χ3n) is 4.58. The number of carbonyl (C=O) groups excluding carboxylic acids is 2. The molecule has 0 unspecified atom stereocenters. The lowest BCUT2D eigenvalue weighted by atomic mass is 9.98. The van der Waals surface area contributed by atoms with Crippen LogP contribution in [0.4, 0.5) is 18.0 Å². The van der Waals surface area contributed by atoms with Crippen molar-refractivity contribution in [3.8, 4) is 11.3 Å². The summed E-state index contributed by atoms with van der Waals surface area (Å²) in [6, 6.07) is 6.60. The Morgan fingerprint density at radius 3 is 2.33 bits per heavy atom. The van der Waals surface area contributed by atoms with Gasteiger partial charge in [-0.3, -0.25) is 9.78 Å². The summed E-state index contributed by atoms with van der Waals surface area (Å²) in [5, 5.41) is 0. The molecule has 0 radical (unpaired) electrons. The summed E-state index contributed by atoms with van der Waals surface area (Å²) in [4.78, 5) is 30.0. The maximum Gasteiger partial charge on any atom is 0.416 e. The number of carbonyl (C=O) groups is 2. The molecule has 0 saturated heterocycles. The third-order valence-corrected chi connectivity index (χ3v) is 4.58. The van der Waals surface area contributed by atoms with Gasteiger partial charge in [0.25, 0.3) is 0 Å². The van der Waals surface area contributed by atoms with E-state index in [9.17, 15) is 22.8 Å². The molecule has 2 aromatic rings. The molecule has 0 N–H and O–H groups in total. The number of ether oxygens (including phenoxy) is 2. The Labute approximate surface area is 191 Å². The summed E-state index contributed by atoms with van der Waals surface area (Å²) in [7, 11) is 0. The first-order chi connectivity index (χ1) is 15.3. The van der Waals surface area contributed by atoms with Crippen molar-refractivity contribution in [2.24, 2.45) is 0 Å². The second kappa shape index (κ2) is 10.7. The highest BCUT2D eigenvalue weighted by Crippen LogP contribution is 2.34. The second-order valence-corrected chi connectivity index (χ2v) is 8.40. The van der Waals surface area contributed by atoms with Crippen LogP contribution in [-0.4, -0.2) is 40.7 Å². The molecular weight excluding hydrogens is 437 g/mol. The lowest BCUT2D eigenvalue weighted by molar-refractivity contribution is -0.142. The lowest BCUT2D eigenvalue weighted by Crippen LogP contribution is -2.36. The van der Waals surface area contributed by atoms with Crippen molar-refractivity contribution in [2.75, 3.05) is 13.2 Å². The van der Waals surface area contributed by atoms with Crippen LogP contribution in [0.25, 0.3) is 11.3 Å². The smallest absolute Gasteiger partial charge is 0.416 e. The molecule has 1 heterocycles. The van der Waals surface area contributed by atoms with E-state index in [4.69, 9.17) is 9.47 Å². The molecule has 0 aliphatic heterocycles. The van der Waals surface area contributed by atoms with Gasteiger partial charge in [0.05, 0.1) is 24.3 Å². The third kappa shape index (κ3) is 7.76. The number of rotatable bonds is 7. The summed E-state index contributed by atoms with van der Waals surface area (Å²) < 4.78 is 50.6. The largest absolute Gasteiger partial charge is 0.466 e. The number of pyridine rings is 1. The maximum absolute atomic E-state index is 13.4. The van der Waals surface area contributed by atoms with Crippen LogP contribution in [0.2, 0.25) is 0 Å². The number of nitrogens with zero attached hydrogens (tertiary/aromatic N) is 2. The van der Waals surface area contributed by atoms with Crippen molar-refractivity contribution < 1.29 is 32.2 Å². The van der Waals surface area contributed by atoms with E-state index in [0.717, 1.165) is 12.1 Å². The molecule has 0 saturated carbocycles. The van der Waals surface area contributed by atoms with Gasteiger partial charge in [0.15, 0.2) is 0 Å². The molecule has 0 bridgehead atoms. The van der Waals surface area contributed by atoms with E-state index >= 15 is 0 Å². The number of benzene rings is 1. The van der Waals surface area contributed by atoms with Crippen molar-refractivity contribution in [1.82, 2.24) is 9.88 Å². The fraction of sp³-hybridized carbons (Fsp3) is 0.458. The summed E-state index contributed by atoms with van der Waals surface area (Å²) in [5.74, 6) is -0.413. The summed E-state index contributed by atoms with van der Waals surface area (Å²) >= 11 is 0. The zero-order valence-electron chi connectivity index (χ0n) is 19.5. The number of aromatic nitrogens is 1. The molecule has 1 amide bonds. The monoisotopic (exact) mass is 466 g/mol. The van der Waals surface area contributed by atoms with Crippen LogP contribution in [0, 0.1) is 0 Å². The van der Waals surface area contributed by atoms with Crippen LogP contribution < -0.4 is 0 Å². The van der Waals surface area contributed by atoms with Crippen LogP contribution in [0.15, 0.2) is 36.5 Å². The van der Waals surface area contributed by atoms with Gasteiger partial charge in [-0.1, -0.05) is 6.07 Å². The fourth-order valence-corrected chi connectivity index (χ4v) is 3.10. The van der Waals surface area contributed by atoms with E-state index in [1.807, 2.05) is 0 Å². The molecular formula is C24H29F3N2O4. The fourth-order valence-electron chi connectivity index (χ4n) is 3.10. The predicted octanol–water partition coefficient (Wildman–Crippen LogP) is 5.63. The van der Waals surface area contributed by atoms with Crippen molar-refractivity contribution in [3.05, 3.63) is 53.2 Å². The molecule has 1 aromatic carbocycles. The topological polar surface area (TPSA) is 68.7 Å². The van der Waals surface area contributed by atoms with Crippen molar-refractivity contribution >= 4 is 12.1 Å². The molecule has 0 fully saturated rings. The Hall–Kier alpha value is -3.10. The number of halogens is 3. The molecule has 180 valence electrons. The molecule has 0 spiro atoms. The second-order valence-electron chi connectivity index (χ2n) is 8.40. The number of amides is 1. The Morgan fingerprint density at radius 1 is 1.06 bits per heavy atom. The maximum atomic E-state index is 13.4.